The molecular weight excluding hydrogens is 208 g/mol. The van der Waals surface area contributed by atoms with Crippen molar-refractivity contribution in [2.24, 2.45) is 5.92 Å². The lowest BCUT2D eigenvalue weighted by molar-refractivity contribution is 0.206. The zero-order valence-corrected chi connectivity index (χ0v) is 12.3. The summed E-state index contributed by atoms with van der Waals surface area (Å²) >= 11 is 0. The van der Waals surface area contributed by atoms with Crippen molar-refractivity contribution in [1.82, 2.24) is 10.2 Å². The molecule has 1 aliphatic heterocycles. The van der Waals surface area contributed by atoms with Crippen molar-refractivity contribution in [2.75, 3.05) is 19.6 Å². The van der Waals surface area contributed by atoms with Crippen LogP contribution >= 0.6 is 0 Å². The Kier molecular flexibility index (Phi) is 7.14. The highest BCUT2D eigenvalue weighted by atomic mass is 15.2. The van der Waals surface area contributed by atoms with Crippen LogP contribution in [0.25, 0.3) is 0 Å². The summed E-state index contributed by atoms with van der Waals surface area (Å²) in [6, 6.07) is 1.52. The largest absolute Gasteiger partial charge is 0.313 e. The fourth-order valence-electron chi connectivity index (χ4n) is 2.74. The first-order valence-corrected chi connectivity index (χ1v) is 7.61. The minimum absolute atomic E-state index is 0.753. The maximum absolute atomic E-state index is 3.65. The van der Waals surface area contributed by atoms with Crippen molar-refractivity contribution in [3.05, 3.63) is 0 Å². The second kappa shape index (κ2) is 8.10. The Balaban J connectivity index is 2.24. The highest BCUT2D eigenvalue weighted by molar-refractivity contribution is 4.77. The summed E-state index contributed by atoms with van der Waals surface area (Å²) in [5, 5.41) is 3.65. The van der Waals surface area contributed by atoms with Gasteiger partial charge in [-0.15, -0.1) is 0 Å². The molecule has 2 atom stereocenters. The molecule has 0 aromatic carbocycles. The molecule has 0 radical (unpaired) electrons. The van der Waals surface area contributed by atoms with Gasteiger partial charge in [0, 0.05) is 25.2 Å². The Hall–Kier alpha value is -0.0800. The summed E-state index contributed by atoms with van der Waals surface area (Å²) in [5.41, 5.74) is 0. The normalized spacial score (nSPS) is 24.9. The van der Waals surface area contributed by atoms with E-state index in [2.05, 4.69) is 37.9 Å². The van der Waals surface area contributed by atoms with Crippen LogP contribution < -0.4 is 5.32 Å². The zero-order valence-electron chi connectivity index (χ0n) is 12.3. The van der Waals surface area contributed by atoms with Gasteiger partial charge in [-0.2, -0.15) is 0 Å². The van der Waals surface area contributed by atoms with Crippen LogP contribution in [0.3, 0.4) is 0 Å². The number of hydrogen-bond donors (Lipinski definition) is 1. The van der Waals surface area contributed by atoms with Crippen LogP contribution in [0.1, 0.15) is 59.8 Å². The molecule has 0 spiro atoms. The van der Waals surface area contributed by atoms with Crippen LogP contribution in [0.4, 0.5) is 0 Å². The number of rotatable bonds is 6. The predicted molar refractivity (Wildman–Crippen MR) is 76.4 cm³/mol. The third kappa shape index (κ3) is 5.87. The van der Waals surface area contributed by atoms with Crippen molar-refractivity contribution in [3.8, 4) is 0 Å². The van der Waals surface area contributed by atoms with Crippen LogP contribution in [0.2, 0.25) is 0 Å². The number of hydrogen-bond acceptors (Lipinski definition) is 2. The monoisotopic (exact) mass is 240 g/mol. The SMILES string of the molecule is CCC1CCN(C(C)CCCC(C)C)CCN1. The first-order chi connectivity index (χ1) is 8.13. The van der Waals surface area contributed by atoms with E-state index in [4.69, 9.17) is 0 Å². The second-order valence-electron chi connectivity index (χ2n) is 6.06. The average Bonchev–Trinajstić information content (AvgIpc) is 2.53. The van der Waals surface area contributed by atoms with Crippen molar-refractivity contribution in [2.45, 2.75) is 71.9 Å². The van der Waals surface area contributed by atoms with Gasteiger partial charge in [-0.25, -0.2) is 0 Å². The topological polar surface area (TPSA) is 15.3 Å². The Labute approximate surface area is 108 Å². The molecule has 1 heterocycles. The Morgan fingerprint density at radius 2 is 1.94 bits per heavy atom. The molecule has 2 heteroatoms. The van der Waals surface area contributed by atoms with Crippen LogP contribution in [0, 0.1) is 5.92 Å². The Morgan fingerprint density at radius 1 is 1.18 bits per heavy atom. The Morgan fingerprint density at radius 3 is 2.59 bits per heavy atom. The highest BCUT2D eigenvalue weighted by Gasteiger charge is 2.18. The van der Waals surface area contributed by atoms with E-state index < -0.39 is 0 Å². The third-order valence-electron chi connectivity index (χ3n) is 4.12. The van der Waals surface area contributed by atoms with Crippen molar-refractivity contribution < 1.29 is 0 Å². The molecule has 1 N–H and O–H groups in total. The van der Waals surface area contributed by atoms with Gasteiger partial charge in [-0.05, 0) is 38.6 Å². The lowest BCUT2D eigenvalue weighted by Gasteiger charge is -2.27. The van der Waals surface area contributed by atoms with Crippen molar-refractivity contribution >= 4 is 0 Å². The molecule has 2 nitrogen and oxygen atoms in total. The molecule has 1 fully saturated rings. The highest BCUT2D eigenvalue weighted by Crippen LogP contribution is 2.14. The van der Waals surface area contributed by atoms with Crippen molar-refractivity contribution in [3.63, 3.8) is 0 Å². The third-order valence-corrected chi connectivity index (χ3v) is 4.12. The molecule has 0 aliphatic carbocycles. The minimum Gasteiger partial charge on any atom is -0.313 e. The van der Waals surface area contributed by atoms with E-state index in [-0.39, 0.29) is 0 Å². The molecule has 1 saturated heterocycles. The van der Waals surface area contributed by atoms with Gasteiger partial charge in [0.05, 0.1) is 0 Å². The molecule has 2 unspecified atom stereocenters. The molecule has 0 aromatic rings. The summed E-state index contributed by atoms with van der Waals surface area (Å²) in [7, 11) is 0. The van der Waals surface area contributed by atoms with Gasteiger partial charge in [0.2, 0.25) is 0 Å². The summed E-state index contributed by atoms with van der Waals surface area (Å²) in [6.07, 6.45) is 6.74. The molecule has 102 valence electrons. The lowest BCUT2D eigenvalue weighted by atomic mass is 10.0. The van der Waals surface area contributed by atoms with Gasteiger partial charge in [-0.3, -0.25) is 4.90 Å². The lowest BCUT2D eigenvalue weighted by Crippen LogP contribution is -2.36. The standard InChI is InChI=1S/C15H32N2/c1-5-15-9-11-17(12-10-16-15)14(4)8-6-7-13(2)3/h13-16H,5-12H2,1-4H3. The molecule has 0 bridgehead atoms. The molecule has 0 aromatic heterocycles. The van der Waals surface area contributed by atoms with E-state index in [9.17, 15) is 0 Å². The Bertz CT molecular complexity index is 191. The van der Waals surface area contributed by atoms with Gasteiger partial charge < -0.3 is 5.32 Å². The van der Waals surface area contributed by atoms with E-state index in [1.54, 1.807) is 0 Å². The van der Waals surface area contributed by atoms with E-state index in [0.29, 0.717) is 0 Å². The first kappa shape index (κ1) is 15.0. The summed E-state index contributed by atoms with van der Waals surface area (Å²) in [4.78, 5) is 2.68. The van der Waals surface area contributed by atoms with Crippen LogP contribution in [0.5, 0.6) is 0 Å². The van der Waals surface area contributed by atoms with Gasteiger partial charge in [-0.1, -0.05) is 33.6 Å². The predicted octanol–water partition coefficient (Wildman–Crippen LogP) is 3.28. The molecule has 1 aliphatic rings. The van der Waals surface area contributed by atoms with Crippen LogP contribution in [-0.2, 0) is 0 Å². The quantitative estimate of drug-likeness (QED) is 0.766. The van der Waals surface area contributed by atoms with Gasteiger partial charge >= 0.3 is 0 Å². The molecule has 0 saturated carbocycles. The van der Waals surface area contributed by atoms with Gasteiger partial charge in [0.1, 0.15) is 0 Å². The molecule has 1 rings (SSSR count). The fourth-order valence-corrected chi connectivity index (χ4v) is 2.74. The summed E-state index contributed by atoms with van der Waals surface area (Å²) in [5.74, 6) is 0.859. The molecule has 17 heavy (non-hydrogen) atoms. The van der Waals surface area contributed by atoms with E-state index >= 15 is 0 Å². The maximum Gasteiger partial charge on any atom is 0.0110 e. The van der Waals surface area contributed by atoms with E-state index in [0.717, 1.165) is 18.0 Å². The second-order valence-corrected chi connectivity index (χ2v) is 6.06. The van der Waals surface area contributed by atoms with Crippen LogP contribution in [-0.4, -0.2) is 36.6 Å². The first-order valence-electron chi connectivity index (χ1n) is 7.61. The van der Waals surface area contributed by atoms with Gasteiger partial charge in [0.15, 0.2) is 0 Å². The average molecular weight is 240 g/mol. The fraction of sp³-hybridized carbons (Fsp3) is 1.00. The maximum atomic E-state index is 3.65. The van der Waals surface area contributed by atoms with Crippen molar-refractivity contribution in [1.29, 1.82) is 0 Å². The molecular formula is C15H32N2. The number of nitrogens with one attached hydrogen (secondary N) is 1. The van der Waals surface area contributed by atoms with E-state index in [1.807, 2.05) is 0 Å². The smallest absolute Gasteiger partial charge is 0.0110 e. The van der Waals surface area contributed by atoms with E-state index in [1.165, 1.54) is 51.7 Å². The molecule has 0 amide bonds. The summed E-state index contributed by atoms with van der Waals surface area (Å²) in [6.45, 7) is 13.0. The number of nitrogens with zero attached hydrogens (tertiary/aromatic N) is 1. The summed E-state index contributed by atoms with van der Waals surface area (Å²) < 4.78 is 0. The minimum atomic E-state index is 0.753. The zero-order chi connectivity index (χ0) is 12.7. The van der Waals surface area contributed by atoms with Crippen LogP contribution in [0.15, 0.2) is 0 Å². The van der Waals surface area contributed by atoms with Gasteiger partial charge in [0.25, 0.3) is 0 Å².